The molecule has 2 rings (SSSR count). The van der Waals surface area contributed by atoms with Gasteiger partial charge in [-0.1, -0.05) is 11.3 Å². The van der Waals surface area contributed by atoms with Crippen molar-refractivity contribution in [3.05, 3.63) is 29.0 Å². The number of carbonyl (C=O) groups is 1. The lowest BCUT2D eigenvalue weighted by atomic mass is 10.2. The second-order valence-electron chi connectivity index (χ2n) is 4.44. The highest BCUT2D eigenvalue weighted by Crippen LogP contribution is 2.27. The van der Waals surface area contributed by atoms with Gasteiger partial charge in [-0.25, -0.2) is 4.98 Å². The summed E-state index contributed by atoms with van der Waals surface area (Å²) in [5.74, 6) is 0.724. The molecule has 1 unspecified atom stereocenters. The summed E-state index contributed by atoms with van der Waals surface area (Å²) in [7, 11) is 1.91. The highest BCUT2D eigenvalue weighted by Gasteiger charge is 2.20. The van der Waals surface area contributed by atoms with Crippen LogP contribution in [0.25, 0.3) is 0 Å². The Morgan fingerprint density at radius 3 is 3.00 bits per heavy atom. The van der Waals surface area contributed by atoms with E-state index in [0.717, 1.165) is 11.7 Å². The number of thiazole rings is 1. The molecule has 0 fully saturated rings. The fraction of sp³-hybridized carbons (Fsp3) is 0.385. The maximum Gasteiger partial charge on any atom is 0.265 e. The lowest BCUT2D eigenvalue weighted by molar-refractivity contribution is 0.0940. The summed E-state index contributed by atoms with van der Waals surface area (Å²) >= 11 is 1.29. The third-order valence-electron chi connectivity index (χ3n) is 2.97. The Morgan fingerprint density at radius 2 is 2.40 bits per heavy atom. The summed E-state index contributed by atoms with van der Waals surface area (Å²) < 4.78 is 5.26. The summed E-state index contributed by atoms with van der Waals surface area (Å²) in [4.78, 5) is 18.8. The summed E-state index contributed by atoms with van der Waals surface area (Å²) in [5, 5.41) is 3.59. The van der Waals surface area contributed by atoms with Crippen LogP contribution in [0.2, 0.25) is 0 Å². The lowest BCUT2D eigenvalue weighted by Crippen LogP contribution is -2.26. The Morgan fingerprint density at radius 1 is 1.65 bits per heavy atom. The SMILES string of the molecule is CCN(C)c1nc(N)c(C(=O)NC(C)c2ccco2)s1. The molecule has 7 heteroatoms. The number of anilines is 2. The van der Waals surface area contributed by atoms with Gasteiger partial charge in [-0.2, -0.15) is 0 Å². The molecule has 20 heavy (non-hydrogen) atoms. The van der Waals surface area contributed by atoms with E-state index < -0.39 is 0 Å². The van der Waals surface area contributed by atoms with Crippen molar-refractivity contribution in [1.29, 1.82) is 0 Å². The van der Waals surface area contributed by atoms with Crippen molar-refractivity contribution in [2.45, 2.75) is 19.9 Å². The number of rotatable bonds is 5. The van der Waals surface area contributed by atoms with Gasteiger partial charge >= 0.3 is 0 Å². The molecule has 1 atom stereocenters. The van der Waals surface area contributed by atoms with Crippen molar-refractivity contribution in [2.75, 3.05) is 24.2 Å². The standard InChI is InChI=1S/C13H18N4O2S/c1-4-17(3)13-16-11(14)10(20-13)12(18)15-8(2)9-6-5-7-19-9/h5-8H,4,14H2,1-3H3,(H,15,18). The molecule has 0 saturated carbocycles. The van der Waals surface area contributed by atoms with Crippen LogP contribution >= 0.6 is 11.3 Å². The Hall–Kier alpha value is -2.02. The maximum absolute atomic E-state index is 12.2. The first-order valence-corrected chi connectivity index (χ1v) is 7.16. The number of nitrogens with two attached hydrogens (primary N) is 1. The van der Waals surface area contributed by atoms with Gasteiger partial charge in [0, 0.05) is 13.6 Å². The van der Waals surface area contributed by atoms with Crippen molar-refractivity contribution in [3.63, 3.8) is 0 Å². The van der Waals surface area contributed by atoms with Crippen molar-refractivity contribution in [1.82, 2.24) is 10.3 Å². The zero-order valence-electron chi connectivity index (χ0n) is 11.7. The average molecular weight is 294 g/mol. The van der Waals surface area contributed by atoms with Gasteiger partial charge < -0.3 is 20.4 Å². The molecule has 0 aliphatic carbocycles. The Kier molecular flexibility index (Phi) is 4.29. The smallest absolute Gasteiger partial charge is 0.265 e. The van der Waals surface area contributed by atoms with Crippen molar-refractivity contribution in [2.24, 2.45) is 0 Å². The van der Waals surface area contributed by atoms with E-state index in [1.165, 1.54) is 11.3 Å². The largest absolute Gasteiger partial charge is 0.467 e. The molecule has 0 spiro atoms. The molecule has 0 aliphatic rings. The van der Waals surface area contributed by atoms with Gasteiger partial charge in [-0.15, -0.1) is 0 Å². The van der Waals surface area contributed by atoms with E-state index in [0.29, 0.717) is 10.6 Å². The molecular weight excluding hydrogens is 276 g/mol. The second kappa shape index (κ2) is 5.96. The molecule has 0 aromatic carbocycles. The Balaban J connectivity index is 2.11. The van der Waals surface area contributed by atoms with Gasteiger partial charge in [-0.3, -0.25) is 4.79 Å². The summed E-state index contributed by atoms with van der Waals surface area (Å²) in [6.45, 7) is 4.67. The zero-order valence-corrected chi connectivity index (χ0v) is 12.5. The van der Waals surface area contributed by atoms with Crippen molar-refractivity contribution < 1.29 is 9.21 Å². The second-order valence-corrected chi connectivity index (χ2v) is 5.41. The number of nitrogen functional groups attached to an aromatic ring is 1. The number of hydrogen-bond donors (Lipinski definition) is 2. The van der Waals surface area contributed by atoms with Crippen LogP contribution in [0.3, 0.4) is 0 Å². The van der Waals surface area contributed by atoms with Crippen LogP contribution in [-0.4, -0.2) is 24.5 Å². The quantitative estimate of drug-likeness (QED) is 0.883. The number of carbonyl (C=O) groups excluding carboxylic acids is 1. The minimum absolute atomic E-state index is 0.216. The first-order chi connectivity index (χ1) is 9.52. The molecule has 3 N–H and O–H groups in total. The highest BCUT2D eigenvalue weighted by atomic mass is 32.1. The molecule has 0 bridgehead atoms. The van der Waals surface area contributed by atoms with Crippen LogP contribution < -0.4 is 16.0 Å². The molecular formula is C13H18N4O2S. The monoisotopic (exact) mass is 294 g/mol. The fourth-order valence-corrected chi connectivity index (χ4v) is 2.57. The van der Waals surface area contributed by atoms with Crippen LogP contribution in [0.15, 0.2) is 22.8 Å². The Labute approximate surface area is 121 Å². The van der Waals surface area contributed by atoms with E-state index in [2.05, 4.69) is 10.3 Å². The minimum Gasteiger partial charge on any atom is -0.467 e. The van der Waals surface area contributed by atoms with Crippen LogP contribution in [-0.2, 0) is 0 Å². The van der Waals surface area contributed by atoms with Crippen LogP contribution in [0.5, 0.6) is 0 Å². The van der Waals surface area contributed by atoms with Gasteiger partial charge in [0.15, 0.2) is 5.13 Å². The Bertz CT molecular complexity index is 579. The molecule has 2 aromatic rings. The topological polar surface area (TPSA) is 84.4 Å². The molecule has 1 amide bonds. The average Bonchev–Trinajstić information content (AvgIpc) is 3.06. The molecule has 108 valence electrons. The van der Waals surface area contributed by atoms with Crippen LogP contribution in [0.1, 0.15) is 35.3 Å². The van der Waals surface area contributed by atoms with E-state index in [9.17, 15) is 4.79 Å². The van der Waals surface area contributed by atoms with Gasteiger partial charge in [-0.05, 0) is 26.0 Å². The normalized spacial score (nSPS) is 12.2. The third-order valence-corrected chi connectivity index (χ3v) is 4.15. The van der Waals surface area contributed by atoms with Gasteiger partial charge in [0.1, 0.15) is 16.5 Å². The summed E-state index contributed by atoms with van der Waals surface area (Å²) in [6.07, 6.45) is 1.58. The van der Waals surface area contributed by atoms with Crippen molar-refractivity contribution in [3.8, 4) is 0 Å². The van der Waals surface area contributed by atoms with E-state index in [4.69, 9.17) is 10.2 Å². The van der Waals surface area contributed by atoms with E-state index in [1.54, 1.807) is 12.3 Å². The van der Waals surface area contributed by atoms with E-state index in [1.807, 2.05) is 31.9 Å². The van der Waals surface area contributed by atoms with Crippen molar-refractivity contribution >= 4 is 28.2 Å². The highest BCUT2D eigenvalue weighted by molar-refractivity contribution is 7.18. The number of aromatic nitrogens is 1. The molecule has 0 radical (unpaired) electrons. The molecule has 0 saturated heterocycles. The maximum atomic E-state index is 12.2. The van der Waals surface area contributed by atoms with Crippen LogP contribution in [0, 0.1) is 0 Å². The first-order valence-electron chi connectivity index (χ1n) is 6.34. The molecule has 2 heterocycles. The first kappa shape index (κ1) is 14.4. The van der Waals surface area contributed by atoms with Gasteiger partial charge in [0.25, 0.3) is 5.91 Å². The minimum atomic E-state index is -0.236. The van der Waals surface area contributed by atoms with Gasteiger partial charge in [0.05, 0.1) is 12.3 Å². The van der Waals surface area contributed by atoms with Gasteiger partial charge in [0.2, 0.25) is 0 Å². The number of furan rings is 1. The predicted molar refractivity (Wildman–Crippen MR) is 80.1 cm³/mol. The molecule has 2 aromatic heterocycles. The summed E-state index contributed by atoms with van der Waals surface area (Å²) in [6, 6.07) is 3.39. The number of nitrogens with zero attached hydrogens (tertiary/aromatic N) is 2. The lowest BCUT2D eigenvalue weighted by Gasteiger charge is -2.11. The molecule has 0 aliphatic heterocycles. The number of hydrogen-bond acceptors (Lipinski definition) is 6. The van der Waals surface area contributed by atoms with E-state index >= 15 is 0 Å². The third kappa shape index (κ3) is 2.93. The summed E-state index contributed by atoms with van der Waals surface area (Å²) in [5.41, 5.74) is 5.82. The zero-order chi connectivity index (χ0) is 14.7. The van der Waals surface area contributed by atoms with E-state index in [-0.39, 0.29) is 17.8 Å². The van der Waals surface area contributed by atoms with Crippen LogP contribution in [0.4, 0.5) is 10.9 Å². The number of amides is 1. The predicted octanol–water partition coefficient (Wildman–Crippen LogP) is 2.27. The number of nitrogens with one attached hydrogen (secondary N) is 1. The fourth-order valence-electron chi connectivity index (χ4n) is 1.65. The molecule has 6 nitrogen and oxygen atoms in total.